The number of carboxylic acid groups (broad SMARTS) is 1. The monoisotopic (exact) mass is 389 g/mol. The summed E-state index contributed by atoms with van der Waals surface area (Å²) in [5.74, 6) is -0.616. The van der Waals surface area contributed by atoms with Crippen LogP contribution in [0.2, 0.25) is 0 Å². The van der Waals surface area contributed by atoms with Gasteiger partial charge in [0.15, 0.2) is 0 Å². The Hall–Kier alpha value is -2.12. The third kappa shape index (κ3) is 5.45. The van der Waals surface area contributed by atoms with Crippen molar-refractivity contribution >= 4 is 17.7 Å². The molecule has 7 nitrogen and oxygen atoms in total. The Morgan fingerprint density at radius 2 is 2.04 bits per heavy atom. The predicted molar refractivity (Wildman–Crippen MR) is 108 cm³/mol. The van der Waals surface area contributed by atoms with Crippen molar-refractivity contribution < 1.29 is 19.4 Å². The van der Waals surface area contributed by atoms with E-state index in [0.717, 1.165) is 44.8 Å². The van der Waals surface area contributed by atoms with E-state index in [9.17, 15) is 9.59 Å². The van der Waals surface area contributed by atoms with E-state index in [4.69, 9.17) is 9.84 Å². The largest absolute Gasteiger partial charge is 0.481 e. The van der Waals surface area contributed by atoms with Gasteiger partial charge in [-0.25, -0.2) is 4.79 Å². The lowest BCUT2D eigenvalue weighted by Gasteiger charge is -2.45. The quantitative estimate of drug-likeness (QED) is 0.782. The molecular weight excluding hydrogens is 358 g/mol. The van der Waals surface area contributed by atoms with Crippen LogP contribution in [0.25, 0.3) is 0 Å². The zero-order chi connectivity index (χ0) is 19.9. The van der Waals surface area contributed by atoms with Gasteiger partial charge in [-0.2, -0.15) is 0 Å². The van der Waals surface area contributed by atoms with Crippen LogP contribution in [0.15, 0.2) is 24.3 Å². The summed E-state index contributed by atoms with van der Waals surface area (Å²) >= 11 is 0. The number of nitrogens with zero attached hydrogens (tertiary/aromatic N) is 2. The van der Waals surface area contributed by atoms with Gasteiger partial charge < -0.3 is 20.1 Å². The Morgan fingerprint density at radius 3 is 2.75 bits per heavy atom. The molecule has 2 N–H and O–H groups in total. The van der Waals surface area contributed by atoms with Gasteiger partial charge in [0, 0.05) is 44.3 Å². The molecule has 28 heavy (non-hydrogen) atoms. The number of rotatable bonds is 6. The highest BCUT2D eigenvalue weighted by atomic mass is 16.5. The van der Waals surface area contributed by atoms with E-state index in [1.54, 1.807) is 0 Å². The van der Waals surface area contributed by atoms with Crippen LogP contribution < -0.4 is 5.32 Å². The molecule has 2 heterocycles. The smallest absolute Gasteiger partial charge is 0.321 e. The van der Waals surface area contributed by atoms with Gasteiger partial charge in [0.05, 0.1) is 13.2 Å². The van der Waals surface area contributed by atoms with Crippen LogP contribution in [0.5, 0.6) is 0 Å². The van der Waals surface area contributed by atoms with Crippen molar-refractivity contribution in [2.24, 2.45) is 5.92 Å². The number of ether oxygens (including phenoxy) is 1. The molecule has 2 fully saturated rings. The fourth-order valence-corrected chi connectivity index (χ4v) is 4.26. The number of likely N-dealkylation sites (tertiary alicyclic amines) is 1. The first-order valence-corrected chi connectivity index (χ1v) is 10.2. The van der Waals surface area contributed by atoms with Crippen LogP contribution in [0.4, 0.5) is 10.5 Å². The Bertz CT molecular complexity index is 675. The van der Waals surface area contributed by atoms with Crippen molar-refractivity contribution in [3.8, 4) is 0 Å². The Kier molecular flexibility index (Phi) is 7.28. The molecule has 0 unspecified atom stereocenters. The molecule has 3 rings (SSSR count). The summed E-state index contributed by atoms with van der Waals surface area (Å²) in [5, 5.41) is 12.1. The second-order valence-electron chi connectivity index (χ2n) is 7.63. The van der Waals surface area contributed by atoms with Crippen LogP contribution in [0, 0.1) is 5.92 Å². The molecule has 7 heteroatoms. The molecule has 2 aliphatic heterocycles. The van der Waals surface area contributed by atoms with Gasteiger partial charge in [-0.05, 0) is 42.9 Å². The maximum Gasteiger partial charge on any atom is 0.321 e. The number of aryl methyl sites for hydroxylation is 1. The van der Waals surface area contributed by atoms with Crippen molar-refractivity contribution in [2.45, 2.75) is 38.6 Å². The highest BCUT2D eigenvalue weighted by molar-refractivity contribution is 5.89. The van der Waals surface area contributed by atoms with E-state index in [-0.39, 0.29) is 18.4 Å². The number of carbonyl (C=O) groups excluding carboxylic acids is 1. The average Bonchev–Trinajstić information content (AvgIpc) is 2.72. The topological polar surface area (TPSA) is 82.1 Å². The number of morpholine rings is 1. The SMILES string of the molecule is CCc1cccc(NC(=O)N2CC[C@H](N3CCOCC3)[C@H](CCC(=O)O)C2)c1. The van der Waals surface area contributed by atoms with Crippen LogP contribution in [0.3, 0.4) is 0 Å². The summed E-state index contributed by atoms with van der Waals surface area (Å²) in [7, 11) is 0. The minimum absolute atomic E-state index is 0.103. The number of nitrogens with one attached hydrogen (secondary N) is 1. The number of piperidine rings is 1. The van der Waals surface area contributed by atoms with Crippen molar-refractivity contribution in [2.75, 3.05) is 44.7 Å². The van der Waals surface area contributed by atoms with Crippen molar-refractivity contribution in [3.63, 3.8) is 0 Å². The molecule has 154 valence electrons. The van der Waals surface area contributed by atoms with Gasteiger partial charge in [0.25, 0.3) is 0 Å². The lowest BCUT2D eigenvalue weighted by molar-refractivity contribution is -0.137. The lowest BCUT2D eigenvalue weighted by atomic mass is 9.87. The summed E-state index contributed by atoms with van der Waals surface area (Å²) < 4.78 is 5.46. The predicted octanol–water partition coefficient (Wildman–Crippen LogP) is 2.67. The van der Waals surface area contributed by atoms with Crippen LogP contribution >= 0.6 is 0 Å². The molecule has 2 atom stereocenters. The van der Waals surface area contributed by atoms with Crippen molar-refractivity contribution in [1.29, 1.82) is 0 Å². The number of hydrogen-bond acceptors (Lipinski definition) is 4. The number of carboxylic acids is 1. The van der Waals surface area contributed by atoms with Gasteiger partial charge in [0.2, 0.25) is 0 Å². The molecule has 1 aromatic carbocycles. The molecule has 0 aliphatic carbocycles. The summed E-state index contributed by atoms with van der Waals surface area (Å²) in [4.78, 5) is 28.2. The van der Waals surface area contributed by atoms with Gasteiger partial charge in [-0.3, -0.25) is 9.69 Å². The molecule has 0 radical (unpaired) electrons. The first-order valence-electron chi connectivity index (χ1n) is 10.2. The summed E-state index contributed by atoms with van der Waals surface area (Å²) in [6.07, 6.45) is 2.52. The van der Waals surface area contributed by atoms with Crippen LogP contribution in [-0.2, 0) is 16.0 Å². The Balaban J connectivity index is 1.64. The van der Waals surface area contributed by atoms with E-state index in [0.29, 0.717) is 25.6 Å². The molecule has 0 saturated carbocycles. The molecule has 0 spiro atoms. The van der Waals surface area contributed by atoms with Crippen molar-refractivity contribution in [1.82, 2.24) is 9.80 Å². The lowest BCUT2D eigenvalue weighted by Crippen LogP contribution is -2.55. The summed E-state index contributed by atoms with van der Waals surface area (Å²) in [6.45, 7) is 6.57. The van der Waals surface area contributed by atoms with E-state index >= 15 is 0 Å². The standard InChI is InChI=1S/C21H31N3O4/c1-2-16-4-3-5-18(14-16)22-21(27)24-9-8-19(23-10-12-28-13-11-23)17(15-24)6-7-20(25)26/h3-5,14,17,19H,2,6-13,15H2,1H3,(H,22,27)(H,25,26)/t17-,19+/m1/s1. The maximum atomic E-state index is 12.8. The molecule has 1 aromatic rings. The van der Waals surface area contributed by atoms with Crippen molar-refractivity contribution in [3.05, 3.63) is 29.8 Å². The molecular formula is C21H31N3O4. The second kappa shape index (κ2) is 9.89. The zero-order valence-corrected chi connectivity index (χ0v) is 16.6. The highest BCUT2D eigenvalue weighted by Gasteiger charge is 2.35. The molecule has 0 aromatic heterocycles. The van der Waals surface area contributed by atoms with Crippen LogP contribution in [0.1, 0.15) is 31.7 Å². The number of aliphatic carboxylic acids is 1. The molecule has 0 bridgehead atoms. The van der Waals surface area contributed by atoms with Gasteiger partial charge in [-0.15, -0.1) is 0 Å². The van der Waals surface area contributed by atoms with Gasteiger partial charge in [-0.1, -0.05) is 19.1 Å². The molecule has 2 aliphatic rings. The molecule has 2 amide bonds. The fourth-order valence-electron chi connectivity index (χ4n) is 4.26. The summed E-state index contributed by atoms with van der Waals surface area (Å²) in [5.41, 5.74) is 1.99. The number of carbonyl (C=O) groups is 2. The molecule has 2 saturated heterocycles. The number of benzene rings is 1. The number of amides is 2. The third-order valence-electron chi connectivity index (χ3n) is 5.81. The fraction of sp³-hybridized carbons (Fsp3) is 0.619. The third-order valence-corrected chi connectivity index (χ3v) is 5.81. The second-order valence-corrected chi connectivity index (χ2v) is 7.63. The first kappa shape index (κ1) is 20.6. The minimum Gasteiger partial charge on any atom is -0.481 e. The van der Waals surface area contributed by atoms with E-state index < -0.39 is 5.97 Å². The van der Waals surface area contributed by atoms with E-state index in [1.165, 1.54) is 5.56 Å². The van der Waals surface area contributed by atoms with E-state index in [2.05, 4.69) is 17.1 Å². The highest BCUT2D eigenvalue weighted by Crippen LogP contribution is 2.27. The van der Waals surface area contributed by atoms with E-state index in [1.807, 2.05) is 29.2 Å². The number of hydrogen-bond donors (Lipinski definition) is 2. The Morgan fingerprint density at radius 1 is 1.25 bits per heavy atom. The maximum absolute atomic E-state index is 12.8. The number of anilines is 1. The number of urea groups is 1. The van der Waals surface area contributed by atoms with Crippen LogP contribution in [-0.4, -0.2) is 72.3 Å². The zero-order valence-electron chi connectivity index (χ0n) is 16.6. The van der Waals surface area contributed by atoms with Gasteiger partial charge >= 0.3 is 12.0 Å². The Labute approximate surface area is 166 Å². The summed E-state index contributed by atoms with van der Waals surface area (Å²) in [6, 6.07) is 8.12. The van der Waals surface area contributed by atoms with Gasteiger partial charge in [0.1, 0.15) is 0 Å². The average molecular weight is 389 g/mol. The first-order chi connectivity index (χ1) is 13.6. The normalized spacial score (nSPS) is 23.4. The minimum atomic E-state index is -0.779.